The van der Waals surface area contributed by atoms with Gasteiger partial charge in [0.15, 0.2) is 17.0 Å². The summed E-state index contributed by atoms with van der Waals surface area (Å²) in [5.41, 5.74) is -0.844. The molecule has 0 bridgehead atoms. The minimum atomic E-state index is -4.71. The van der Waals surface area contributed by atoms with E-state index < -0.39 is 17.8 Å². The molecule has 0 spiro atoms. The van der Waals surface area contributed by atoms with Gasteiger partial charge < -0.3 is 9.80 Å². The third-order valence-corrected chi connectivity index (χ3v) is 5.96. The number of carbonyl (C=O) groups excluding carboxylic acids is 1. The molecule has 5 rings (SSSR count). The SMILES string of the molecule is O=C(c1nn2c(C(F)(F)F)cc(-c3ccccc3)nc2c1Cl)N1CCN2C=CCC2C1. The molecule has 6 nitrogen and oxygen atoms in total. The van der Waals surface area contributed by atoms with Crippen LogP contribution in [0.4, 0.5) is 13.2 Å². The molecule has 0 radical (unpaired) electrons. The number of aromatic nitrogens is 3. The Labute approximate surface area is 180 Å². The summed E-state index contributed by atoms with van der Waals surface area (Å²) in [5, 5.41) is 3.78. The standard InChI is InChI=1S/C21H17ClF3N5O/c22-17-18(20(31)29-10-9-28-8-4-7-14(28)12-29)27-30-16(21(23,24)25)11-15(26-19(17)30)13-5-2-1-3-6-13/h1-6,8,11,14H,7,9-10,12H2. The highest BCUT2D eigenvalue weighted by molar-refractivity contribution is 6.36. The van der Waals surface area contributed by atoms with Crippen LogP contribution in [0.1, 0.15) is 22.6 Å². The summed E-state index contributed by atoms with van der Waals surface area (Å²) in [7, 11) is 0. The molecule has 2 aromatic heterocycles. The van der Waals surface area contributed by atoms with Crippen LogP contribution in [0, 0.1) is 0 Å². The average Bonchev–Trinajstić information content (AvgIpc) is 3.36. The highest BCUT2D eigenvalue weighted by Crippen LogP contribution is 2.35. The van der Waals surface area contributed by atoms with Crippen molar-refractivity contribution in [2.24, 2.45) is 0 Å². The number of benzene rings is 1. The second-order valence-electron chi connectivity index (χ2n) is 7.55. The van der Waals surface area contributed by atoms with Crippen molar-refractivity contribution in [2.45, 2.75) is 18.6 Å². The molecule has 1 aromatic carbocycles. The van der Waals surface area contributed by atoms with E-state index in [0.717, 1.165) is 12.5 Å². The minimum Gasteiger partial charge on any atom is -0.371 e. The van der Waals surface area contributed by atoms with Gasteiger partial charge in [-0.3, -0.25) is 4.79 Å². The summed E-state index contributed by atoms with van der Waals surface area (Å²) in [4.78, 5) is 21.2. The Balaban J connectivity index is 1.59. The molecule has 2 aliphatic heterocycles. The lowest BCUT2D eigenvalue weighted by molar-refractivity contribution is -0.142. The van der Waals surface area contributed by atoms with Crippen LogP contribution in [-0.4, -0.2) is 56.0 Å². The third kappa shape index (κ3) is 3.42. The number of fused-ring (bicyclic) bond motifs is 2. The number of carbonyl (C=O) groups is 1. The Bertz CT molecular complexity index is 1190. The monoisotopic (exact) mass is 447 g/mol. The lowest BCUT2D eigenvalue weighted by Crippen LogP contribution is -2.51. The first-order valence-corrected chi connectivity index (χ1v) is 10.1. The molecule has 0 saturated carbocycles. The van der Waals surface area contributed by atoms with Crippen LogP contribution in [0.15, 0.2) is 48.7 Å². The largest absolute Gasteiger partial charge is 0.433 e. The van der Waals surface area contributed by atoms with Crippen LogP contribution in [0.3, 0.4) is 0 Å². The predicted octanol–water partition coefficient (Wildman–Crippen LogP) is 4.11. The third-order valence-electron chi connectivity index (χ3n) is 5.62. The molecule has 1 atom stereocenters. The molecule has 3 aromatic rings. The van der Waals surface area contributed by atoms with Crippen LogP contribution in [-0.2, 0) is 6.18 Å². The van der Waals surface area contributed by atoms with Crippen LogP contribution in [0.5, 0.6) is 0 Å². The van der Waals surface area contributed by atoms with E-state index in [1.54, 1.807) is 35.2 Å². The molecule has 1 unspecified atom stereocenters. The number of amides is 1. The van der Waals surface area contributed by atoms with E-state index in [-0.39, 0.29) is 28.1 Å². The maximum Gasteiger partial charge on any atom is 0.433 e. The maximum atomic E-state index is 13.8. The van der Waals surface area contributed by atoms with Gasteiger partial charge in [-0.15, -0.1) is 0 Å². The summed E-state index contributed by atoms with van der Waals surface area (Å²) >= 11 is 6.38. The molecular formula is C21H17ClF3N5O. The van der Waals surface area contributed by atoms with Crippen molar-refractivity contribution in [3.63, 3.8) is 0 Å². The molecule has 0 aliphatic carbocycles. The van der Waals surface area contributed by atoms with Gasteiger partial charge in [-0.1, -0.05) is 48.0 Å². The summed E-state index contributed by atoms with van der Waals surface area (Å²) in [6.45, 7) is 1.56. The minimum absolute atomic E-state index is 0.104. The van der Waals surface area contributed by atoms with Gasteiger partial charge in [0.25, 0.3) is 5.91 Å². The van der Waals surface area contributed by atoms with Crippen LogP contribution < -0.4 is 0 Å². The van der Waals surface area contributed by atoms with E-state index in [1.165, 1.54) is 0 Å². The lowest BCUT2D eigenvalue weighted by Gasteiger charge is -2.37. The highest BCUT2D eigenvalue weighted by atomic mass is 35.5. The number of hydrogen-bond donors (Lipinski definition) is 0. The van der Waals surface area contributed by atoms with Crippen molar-refractivity contribution >= 4 is 23.2 Å². The molecule has 4 heterocycles. The van der Waals surface area contributed by atoms with Gasteiger partial charge in [-0.2, -0.15) is 18.3 Å². The molecule has 1 amide bonds. The Morgan fingerprint density at radius 3 is 2.68 bits per heavy atom. The summed E-state index contributed by atoms with van der Waals surface area (Å²) in [6.07, 6.45) is 0.167. The van der Waals surface area contributed by atoms with Gasteiger partial charge in [0.1, 0.15) is 5.02 Å². The van der Waals surface area contributed by atoms with Crippen LogP contribution >= 0.6 is 11.6 Å². The maximum absolute atomic E-state index is 13.8. The zero-order valence-electron chi connectivity index (χ0n) is 16.2. The Morgan fingerprint density at radius 1 is 1.16 bits per heavy atom. The number of nitrogens with zero attached hydrogens (tertiary/aromatic N) is 5. The average molecular weight is 448 g/mol. The molecule has 1 saturated heterocycles. The Morgan fingerprint density at radius 2 is 1.94 bits per heavy atom. The predicted molar refractivity (Wildman–Crippen MR) is 109 cm³/mol. The summed E-state index contributed by atoms with van der Waals surface area (Å²) in [5.74, 6) is -0.489. The van der Waals surface area contributed by atoms with E-state index in [2.05, 4.69) is 15.0 Å². The van der Waals surface area contributed by atoms with Crippen LogP contribution in [0.25, 0.3) is 16.9 Å². The van der Waals surface area contributed by atoms with Gasteiger partial charge in [0.05, 0.1) is 5.69 Å². The zero-order valence-corrected chi connectivity index (χ0v) is 16.9. The zero-order chi connectivity index (χ0) is 21.8. The topological polar surface area (TPSA) is 53.7 Å². The summed E-state index contributed by atoms with van der Waals surface area (Å²) < 4.78 is 42.1. The fraction of sp³-hybridized carbons (Fsp3) is 0.286. The first-order valence-electron chi connectivity index (χ1n) is 9.76. The fourth-order valence-electron chi connectivity index (χ4n) is 4.05. The van der Waals surface area contributed by atoms with Crippen molar-refractivity contribution in [3.05, 3.63) is 65.1 Å². The van der Waals surface area contributed by atoms with Crippen molar-refractivity contribution in [3.8, 4) is 11.3 Å². The van der Waals surface area contributed by atoms with Gasteiger partial charge in [0.2, 0.25) is 0 Å². The molecule has 0 N–H and O–H groups in total. The molecule has 2 aliphatic rings. The number of halogens is 4. The van der Waals surface area contributed by atoms with E-state index >= 15 is 0 Å². The van der Waals surface area contributed by atoms with Gasteiger partial charge in [-0.05, 0) is 18.7 Å². The Hall–Kier alpha value is -3.07. The highest BCUT2D eigenvalue weighted by Gasteiger charge is 2.38. The van der Waals surface area contributed by atoms with E-state index in [1.807, 2.05) is 12.3 Å². The fourth-order valence-corrected chi connectivity index (χ4v) is 4.29. The number of rotatable bonds is 2. The Kier molecular flexibility index (Phi) is 4.65. The second kappa shape index (κ2) is 7.26. The number of hydrogen-bond acceptors (Lipinski definition) is 4. The summed E-state index contributed by atoms with van der Waals surface area (Å²) in [6, 6.07) is 9.58. The van der Waals surface area contributed by atoms with E-state index in [9.17, 15) is 18.0 Å². The first-order chi connectivity index (χ1) is 14.8. The molecule has 160 valence electrons. The van der Waals surface area contributed by atoms with Crippen molar-refractivity contribution in [1.82, 2.24) is 24.4 Å². The number of piperazine rings is 1. The van der Waals surface area contributed by atoms with Gasteiger partial charge >= 0.3 is 6.18 Å². The number of alkyl halides is 3. The lowest BCUT2D eigenvalue weighted by atomic mass is 10.1. The molecule has 1 fully saturated rings. The molecule has 10 heteroatoms. The van der Waals surface area contributed by atoms with Crippen molar-refractivity contribution in [2.75, 3.05) is 19.6 Å². The molecular weight excluding hydrogens is 431 g/mol. The molecule has 31 heavy (non-hydrogen) atoms. The quantitative estimate of drug-likeness (QED) is 0.593. The normalized spacial score (nSPS) is 18.6. The van der Waals surface area contributed by atoms with Gasteiger partial charge in [-0.25, -0.2) is 9.50 Å². The van der Waals surface area contributed by atoms with E-state index in [4.69, 9.17) is 11.6 Å². The first kappa shape index (κ1) is 19.9. The van der Waals surface area contributed by atoms with Crippen LogP contribution in [0.2, 0.25) is 5.02 Å². The second-order valence-corrected chi connectivity index (χ2v) is 7.93. The van der Waals surface area contributed by atoms with Crippen molar-refractivity contribution < 1.29 is 18.0 Å². The van der Waals surface area contributed by atoms with Crippen molar-refractivity contribution in [1.29, 1.82) is 0 Å². The van der Waals surface area contributed by atoms with E-state index in [0.29, 0.717) is 29.7 Å². The smallest absolute Gasteiger partial charge is 0.371 e. The van der Waals surface area contributed by atoms with Gasteiger partial charge in [0, 0.05) is 31.2 Å².